The van der Waals surface area contributed by atoms with E-state index in [1.807, 2.05) is 6.92 Å². The molecule has 2 N–H and O–H groups in total. The molecule has 0 aliphatic carbocycles. The molecule has 17 heavy (non-hydrogen) atoms. The Balaban J connectivity index is 2.65. The predicted octanol–water partition coefficient (Wildman–Crippen LogP) is 1.83. The number of hydrogen-bond donors (Lipinski definition) is 2. The summed E-state index contributed by atoms with van der Waals surface area (Å²) >= 11 is 0. The van der Waals surface area contributed by atoms with E-state index in [4.69, 9.17) is 0 Å². The highest BCUT2D eigenvalue weighted by molar-refractivity contribution is 5.76. The van der Waals surface area contributed by atoms with E-state index < -0.39 is 18.1 Å². The van der Waals surface area contributed by atoms with Gasteiger partial charge in [-0.1, -0.05) is 6.92 Å². The van der Waals surface area contributed by atoms with Gasteiger partial charge in [-0.05, 0) is 32.4 Å². The van der Waals surface area contributed by atoms with E-state index in [1.165, 1.54) is 0 Å². The molecule has 1 aliphatic rings. The Morgan fingerprint density at radius 2 is 2.00 bits per heavy atom. The fourth-order valence-electron chi connectivity index (χ4n) is 2.11. The van der Waals surface area contributed by atoms with Crippen LogP contribution in [0, 0.1) is 5.92 Å². The van der Waals surface area contributed by atoms with Crippen molar-refractivity contribution < 1.29 is 18.0 Å². The lowest BCUT2D eigenvalue weighted by atomic mass is 9.94. The molecule has 0 aromatic rings. The van der Waals surface area contributed by atoms with Crippen LogP contribution in [0.15, 0.2) is 0 Å². The molecule has 1 amide bonds. The van der Waals surface area contributed by atoms with Crippen molar-refractivity contribution in [3.63, 3.8) is 0 Å². The van der Waals surface area contributed by atoms with Gasteiger partial charge >= 0.3 is 6.18 Å². The summed E-state index contributed by atoms with van der Waals surface area (Å²) in [6.45, 7) is 2.70. The second kappa shape index (κ2) is 6.23. The Hall–Kier alpha value is -0.780. The van der Waals surface area contributed by atoms with E-state index in [0.29, 0.717) is 25.9 Å². The maximum absolute atomic E-state index is 12.8. The zero-order valence-corrected chi connectivity index (χ0v) is 9.94. The monoisotopic (exact) mass is 252 g/mol. The third kappa shape index (κ3) is 4.53. The first-order valence-electron chi connectivity index (χ1n) is 6.02. The first-order chi connectivity index (χ1) is 7.95. The lowest BCUT2D eigenvalue weighted by molar-refractivity contribution is -0.183. The van der Waals surface area contributed by atoms with Crippen molar-refractivity contribution in [2.75, 3.05) is 13.1 Å². The quantitative estimate of drug-likeness (QED) is 0.804. The molecule has 100 valence electrons. The van der Waals surface area contributed by atoms with Crippen molar-refractivity contribution in [3.05, 3.63) is 0 Å². The van der Waals surface area contributed by atoms with Gasteiger partial charge in [-0.25, -0.2) is 0 Å². The second-order valence-corrected chi connectivity index (χ2v) is 4.40. The van der Waals surface area contributed by atoms with Crippen LogP contribution in [0.25, 0.3) is 0 Å². The number of carbonyl (C=O) groups is 1. The Kier molecular flexibility index (Phi) is 5.24. The number of amides is 1. The van der Waals surface area contributed by atoms with E-state index in [2.05, 4.69) is 10.6 Å². The molecule has 0 aromatic heterocycles. The number of carbonyl (C=O) groups excluding carboxylic acids is 1. The second-order valence-electron chi connectivity index (χ2n) is 4.40. The topological polar surface area (TPSA) is 41.1 Å². The highest BCUT2D eigenvalue weighted by atomic mass is 19.4. The van der Waals surface area contributed by atoms with Crippen LogP contribution < -0.4 is 10.6 Å². The average Bonchev–Trinajstić information content (AvgIpc) is 2.42. The predicted molar refractivity (Wildman–Crippen MR) is 58.5 cm³/mol. The fourth-order valence-corrected chi connectivity index (χ4v) is 2.11. The SMILES string of the molecule is CCCC(=O)NC1CCNCCC1C(F)(F)F. The first-order valence-corrected chi connectivity index (χ1v) is 6.02. The van der Waals surface area contributed by atoms with Crippen LogP contribution in [-0.4, -0.2) is 31.2 Å². The Labute approximate surface area is 99.1 Å². The molecule has 0 spiro atoms. The van der Waals surface area contributed by atoms with E-state index in [1.54, 1.807) is 0 Å². The lowest BCUT2D eigenvalue weighted by Gasteiger charge is -2.27. The lowest BCUT2D eigenvalue weighted by Crippen LogP contribution is -2.45. The maximum Gasteiger partial charge on any atom is 0.393 e. The molecule has 2 atom stereocenters. The molecule has 1 aliphatic heterocycles. The van der Waals surface area contributed by atoms with Gasteiger partial charge in [-0.2, -0.15) is 13.2 Å². The summed E-state index contributed by atoms with van der Waals surface area (Å²) in [6.07, 6.45) is -2.95. The van der Waals surface area contributed by atoms with Crippen molar-refractivity contribution in [2.24, 2.45) is 5.92 Å². The molecule has 1 heterocycles. The largest absolute Gasteiger partial charge is 0.393 e. The molecule has 0 bridgehead atoms. The number of rotatable bonds is 3. The molecule has 0 saturated carbocycles. The summed E-state index contributed by atoms with van der Waals surface area (Å²) in [7, 11) is 0. The smallest absolute Gasteiger partial charge is 0.353 e. The van der Waals surface area contributed by atoms with Gasteiger partial charge in [0.25, 0.3) is 0 Å². The molecular formula is C11H19F3N2O. The summed E-state index contributed by atoms with van der Waals surface area (Å²) in [5.74, 6) is -1.72. The van der Waals surface area contributed by atoms with Gasteiger partial charge in [0.15, 0.2) is 0 Å². The van der Waals surface area contributed by atoms with Crippen LogP contribution in [0.3, 0.4) is 0 Å². The maximum atomic E-state index is 12.8. The molecule has 3 nitrogen and oxygen atoms in total. The van der Waals surface area contributed by atoms with Gasteiger partial charge in [-0.15, -0.1) is 0 Å². The number of alkyl halides is 3. The van der Waals surface area contributed by atoms with Gasteiger partial charge in [-0.3, -0.25) is 4.79 Å². The molecule has 1 saturated heterocycles. The van der Waals surface area contributed by atoms with Crippen LogP contribution in [0.4, 0.5) is 13.2 Å². The van der Waals surface area contributed by atoms with Crippen molar-refractivity contribution >= 4 is 5.91 Å². The van der Waals surface area contributed by atoms with Crippen LogP contribution in [-0.2, 0) is 4.79 Å². The highest BCUT2D eigenvalue weighted by Gasteiger charge is 2.45. The molecule has 6 heteroatoms. The van der Waals surface area contributed by atoms with Crippen molar-refractivity contribution in [3.8, 4) is 0 Å². The molecular weight excluding hydrogens is 233 g/mol. The Morgan fingerprint density at radius 1 is 1.35 bits per heavy atom. The van der Waals surface area contributed by atoms with E-state index in [-0.39, 0.29) is 18.7 Å². The number of nitrogens with one attached hydrogen (secondary N) is 2. The van der Waals surface area contributed by atoms with Crippen LogP contribution in [0.2, 0.25) is 0 Å². The molecule has 2 unspecified atom stereocenters. The summed E-state index contributed by atoms with van der Waals surface area (Å²) in [5.41, 5.74) is 0. The Bertz CT molecular complexity index is 256. The van der Waals surface area contributed by atoms with Gasteiger partial charge in [0.2, 0.25) is 5.91 Å². The van der Waals surface area contributed by atoms with Gasteiger partial charge in [0, 0.05) is 12.5 Å². The van der Waals surface area contributed by atoms with Crippen LogP contribution in [0.1, 0.15) is 32.6 Å². The van der Waals surface area contributed by atoms with E-state index in [9.17, 15) is 18.0 Å². The first kappa shape index (κ1) is 14.3. The zero-order chi connectivity index (χ0) is 12.9. The van der Waals surface area contributed by atoms with E-state index >= 15 is 0 Å². The molecule has 1 fully saturated rings. The molecule has 0 aromatic carbocycles. The zero-order valence-electron chi connectivity index (χ0n) is 9.94. The normalized spacial score (nSPS) is 26.4. The number of halogens is 3. The summed E-state index contributed by atoms with van der Waals surface area (Å²) in [6, 6.07) is -0.788. The standard InChI is InChI=1S/C11H19F3N2O/c1-2-3-10(17)16-9-5-7-15-6-4-8(9)11(12,13)14/h8-9,15H,2-7H2,1H3,(H,16,17). The summed E-state index contributed by atoms with van der Waals surface area (Å²) in [4.78, 5) is 11.4. The third-order valence-corrected chi connectivity index (χ3v) is 2.99. The highest BCUT2D eigenvalue weighted by Crippen LogP contribution is 2.33. The minimum absolute atomic E-state index is 0.0283. The van der Waals surface area contributed by atoms with E-state index in [0.717, 1.165) is 0 Å². The van der Waals surface area contributed by atoms with Crippen LogP contribution >= 0.6 is 0 Å². The third-order valence-electron chi connectivity index (χ3n) is 2.99. The van der Waals surface area contributed by atoms with Gasteiger partial charge in [0.1, 0.15) is 0 Å². The molecule has 0 radical (unpaired) electrons. The molecule has 1 rings (SSSR count). The average molecular weight is 252 g/mol. The number of hydrogen-bond acceptors (Lipinski definition) is 2. The van der Waals surface area contributed by atoms with Gasteiger partial charge < -0.3 is 10.6 Å². The minimum Gasteiger partial charge on any atom is -0.353 e. The Morgan fingerprint density at radius 3 is 2.59 bits per heavy atom. The fraction of sp³-hybridized carbons (Fsp3) is 0.909. The summed E-state index contributed by atoms with van der Waals surface area (Å²) in [5, 5.41) is 5.45. The summed E-state index contributed by atoms with van der Waals surface area (Å²) < 4.78 is 38.5. The van der Waals surface area contributed by atoms with Crippen LogP contribution in [0.5, 0.6) is 0 Å². The van der Waals surface area contributed by atoms with Crippen molar-refractivity contribution in [1.29, 1.82) is 0 Å². The van der Waals surface area contributed by atoms with Gasteiger partial charge in [0.05, 0.1) is 5.92 Å². The van der Waals surface area contributed by atoms with Crippen molar-refractivity contribution in [1.82, 2.24) is 10.6 Å². The van der Waals surface area contributed by atoms with Crippen molar-refractivity contribution in [2.45, 2.75) is 44.8 Å². The minimum atomic E-state index is -4.24.